The maximum Gasteiger partial charge on any atom is 0.264 e. The predicted octanol–water partition coefficient (Wildman–Crippen LogP) is 4.46. The van der Waals surface area contributed by atoms with E-state index in [4.69, 9.17) is 14.2 Å². The number of benzene rings is 4. The van der Waals surface area contributed by atoms with E-state index in [9.17, 15) is 18.0 Å². The van der Waals surface area contributed by atoms with E-state index in [0.29, 0.717) is 35.1 Å². The van der Waals surface area contributed by atoms with Crippen LogP contribution in [0.2, 0.25) is 0 Å². The Kier molecular flexibility index (Phi) is 10.9. The first kappa shape index (κ1) is 31.6. The Hall–Kier alpha value is -5.36. The molecule has 12 heteroatoms. The van der Waals surface area contributed by atoms with Gasteiger partial charge in [-0.3, -0.25) is 13.9 Å². The second-order valence-electron chi connectivity index (χ2n) is 9.15. The molecule has 11 nitrogen and oxygen atoms in total. The minimum absolute atomic E-state index is 0.0307. The quantitative estimate of drug-likeness (QED) is 0.158. The molecule has 0 aliphatic heterocycles. The minimum atomic E-state index is -4.11. The summed E-state index contributed by atoms with van der Waals surface area (Å²) >= 11 is 0. The van der Waals surface area contributed by atoms with Crippen molar-refractivity contribution in [3.8, 4) is 17.2 Å². The molecular weight excluding hydrogens is 584 g/mol. The van der Waals surface area contributed by atoms with Gasteiger partial charge in [0.2, 0.25) is 0 Å². The van der Waals surface area contributed by atoms with Crippen molar-refractivity contribution in [3.63, 3.8) is 0 Å². The van der Waals surface area contributed by atoms with Gasteiger partial charge in [-0.05, 0) is 85.3 Å². The lowest BCUT2D eigenvalue weighted by Crippen LogP contribution is -2.39. The molecule has 228 valence electrons. The van der Waals surface area contributed by atoms with Crippen LogP contribution in [0.4, 0.5) is 11.4 Å². The Morgan fingerprint density at radius 2 is 1.48 bits per heavy atom. The number of hydrogen-bond donors (Lipinski definition) is 2. The Bertz CT molecular complexity index is 1680. The third-order valence-corrected chi connectivity index (χ3v) is 7.85. The van der Waals surface area contributed by atoms with Gasteiger partial charge in [0.1, 0.15) is 23.8 Å². The summed E-state index contributed by atoms with van der Waals surface area (Å²) < 4.78 is 44.4. The SMILES string of the molecule is CCOc1ccccc1N(CC(=O)N/N=C\c1ccc(OCC(=O)Nc2ccc(OC)cc2)cc1)S(=O)(=O)c1ccccc1. The zero-order valence-corrected chi connectivity index (χ0v) is 25.0. The summed E-state index contributed by atoms with van der Waals surface area (Å²) in [6, 6.07) is 28.1. The third-order valence-electron chi connectivity index (χ3n) is 6.08. The van der Waals surface area contributed by atoms with Crippen molar-refractivity contribution in [1.29, 1.82) is 0 Å². The maximum absolute atomic E-state index is 13.6. The molecule has 0 saturated heterocycles. The highest BCUT2D eigenvalue weighted by molar-refractivity contribution is 7.92. The second-order valence-corrected chi connectivity index (χ2v) is 11.0. The number of amides is 2. The maximum atomic E-state index is 13.6. The molecule has 0 unspecified atom stereocenters. The van der Waals surface area contributed by atoms with Crippen LogP contribution in [0, 0.1) is 0 Å². The highest BCUT2D eigenvalue weighted by Gasteiger charge is 2.29. The van der Waals surface area contributed by atoms with Crippen LogP contribution in [0.3, 0.4) is 0 Å². The standard InChI is InChI=1S/C32H32N4O7S/c1-3-42-30-12-8-7-11-29(30)36(44(39,40)28-9-5-4-6-10-28)22-31(37)35-33-21-24-13-17-27(18-14-24)43-23-32(38)34-25-15-19-26(41-2)20-16-25/h4-21H,3,22-23H2,1-2H3,(H,34,38)(H,35,37)/b33-21-. The molecule has 2 amide bonds. The number of nitrogens with one attached hydrogen (secondary N) is 2. The molecule has 0 fully saturated rings. The molecule has 0 aromatic heterocycles. The molecule has 0 saturated carbocycles. The first-order valence-corrected chi connectivity index (χ1v) is 15.0. The minimum Gasteiger partial charge on any atom is -0.497 e. The molecule has 0 aliphatic rings. The van der Waals surface area contributed by atoms with Gasteiger partial charge in [-0.2, -0.15) is 5.10 Å². The third kappa shape index (κ3) is 8.58. The van der Waals surface area contributed by atoms with Gasteiger partial charge in [-0.25, -0.2) is 13.8 Å². The molecule has 0 atom stereocenters. The van der Waals surface area contributed by atoms with E-state index in [1.807, 2.05) is 0 Å². The smallest absolute Gasteiger partial charge is 0.264 e. The fourth-order valence-electron chi connectivity index (χ4n) is 3.98. The molecule has 2 N–H and O–H groups in total. The van der Waals surface area contributed by atoms with E-state index in [-0.39, 0.29) is 23.1 Å². The summed E-state index contributed by atoms with van der Waals surface area (Å²) in [4.78, 5) is 25.1. The second kappa shape index (κ2) is 15.2. The van der Waals surface area contributed by atoms with E-state index < -0.39 is 22.5 Å². The average molecular weight is 617 g/mol. The van der Waals surface area contributed by atoms with Gasteiger partial charge >= 0.3 is 0 Å². The van der Waals surface area contributed by atoms with Crippen LogP contribution in [0.15, 0.2) is 113 Å². The van der Waals surface area contributed by atoms with Crippen molar-refractivity contribution in [2.75, 3.05) is 36.5 Å². The Labute approximate surface area is 256 Å². The normalized spacial score (nSPS) is 11.0. The van der Waals surface area contributed by atoms with Crippen LogP contribution in [0.5, 0.6) is 17.2 Å². The van der Waals surface area contributed by atoms with Gasteiger partial charge in [0.25, 0.3) is 21.8 Å². The summed E-state index contributed by atoms with van der Waals surface area (Å²) in [5, 5.41) is 6.71. The van der Waals surface area contributed by atoms with Gasteiger partial charge in [0.05, 0.1) is 30.5 Å². The van der Waals surface area contributed by atoms with Crippen LogP contribution in [0.25, 0.3) is 0 Å². The van der Waals surface area contributed by atoms with E-state index >= 15 is 0 Å². The van der Waals surface area contributed by atoms with Crippen molar-refractivity contribution in [2.24, 2.45) is 5.10 Å². The number of carbonyl (C=O) groups is 2. The number of ether oxygens (including phenoxy) is 3. The van der Waals surface area contributed by atoms with E-state index in [1.165, 1.54) is 18.3 Å². The highest BCUT2D eigenvalue weighted by Crippen LogP contribution is 2.32. The van der Waals surface area contributed by atoms with Gasteiger partial charge in [-0.15, -0.1) is 0 Å². The largest absolute Gasteiger partial charge is 0.497 e. The van der Waals surface area contributed by atoms with Gasteiger partial charge in [0.15, 0.2) is 6.61 Å². The van der Waals surface area contributed by atoms with Crippen LogP contribution in [-0.4, -0.2) is 53.3 Å². The van der Waals surface area contributed by atoms with E-state index in [0.717, 1.165) is 4.31 Å². The molecule has 0 aliphatic carbocycles. The summed E-state index contributed by atoms with van der Waals surface area (Å²) in [5.74, 6) is 0.492. The number of hydrazone groups is 1. The number of methoxy groups -OCH3 is 1. The monoisotopic (exact) mass is 616 g/mol. The number of carbonyl (C=O) groups excluding carboxylic acids is 2. The summed E-state index contributed by atoms with van der Waals surface area (Å²) in [7, 11) is -2.55. The number of anilines is 2. The zero-order chi connectivity index (χ0) is 31.4. The Morgan fingerprint density at radius 1 is 0.818 bits per heavy atom. The van der Waals surface area contributed by atoms with Crippen LogP contribution >= 0.6 is 0 Å². The summed E-state index contributed by atoms with van der Waals surface area (Å²) in [6.45, 7) is 1.37. The number of nitrogens with zero attached hydrogens (tertiary/aromatic N) is 2. The fraction of sp³-hybridized carbons (Fsp3) is 0.156. The molecule has 0 spiro atoms. The summed E-state index contributed by atoms with van der Waals surface area (Å²) in [5.41, 5.74) is 3.86. The molecule has 0 radical (unpaired) electrons. The predicted molar refractivity (Wildman–Crippen MR) is 168 cm³/mol. The molecule has 4 aromatic carbocycles. The number of sulfonamides is 1. The molecule has 0 heterocycles. The highest BCUT2D eigenvalue weighted by atomic mass is 32.2. The number of para-hydroxylation sites is 2. The van der Waals surface area contributed by atoms with Gasteiger partial charge in [-0.1, -0.05) is 30.3 Å². The fourth-order valence-corrected chi connectivity index (χ4v) is 5.43. The van der Waals surface area contributed by atoms with Crippen LogP contribution in [0.1, 0.15) is 12.5 Å². The average Bonchev–Trinajstić information content (AvgIpc) is 3.04. The van der Waals surface area contributed by atoms with Crippen molar-refractivity contribution >= 4 is 39.4 Å². The Balaban J connectivity index is 1.36. The lowest BCUT2D eigenvalue weighted by molar-refractivity contribution is -0.119. The van der Waals surface area contributed by atoms with Gasteiger partial charge in [0, 0.05) is 5.69 Å². The molecule has 4 rings (SSSR count). The number of rotatable bonds is 14. The van der Waals surface area contributed by atoms with Crippen molar-refractivity contribution in [2.45, 2.75) is 11.8 Å². The lowest BCUT2D eigenvalue weighted by Gasteiger charge is -2.25. The van der Waals surface area contributed by atoms with E-state index in [2.05, 4.69) is 15.8 Å². The van der Waals surface area contributed by atoms with Crippen molar-refractivity contribution in [3.05, 3.63) is 109 Å². The molecule has 4 aromatic rings. The topological polar surface area (TPSA) is 136 Å². The van der Waals surface area contributed by atoms with Crippen molar-refractivity contribution in [1.82, 2.24) is 5.43 Å². The first-order chi connectivity index (χ1) is 21.3. The van der Waals surface area contributed by atoms with Crippen LogP contribution in [-0.2, 0) is 19.6 Å². The van der Waals surface area contributed by atoms with Gasteiger partial charge < -0.3 is 19.5 Å². The zero-order valence-electron chi connectivity index (χ0n) is 24.2. The van der Waals surface area contributed by atoms with Crippen molar-refractivity contribution < 1.29 is 32.2 Å². The summed E-state index contributed by atoms with van der Waals surface area (Å²) in [6.07, 6.45) is 1.41. The number of hydrogen-bond acceptors (Lipinski definition) is 8. The first-order valence-electron chi connectivity index (χ1n) is 13.6. The lowest BCUT2D eigenvalue weighted by atomic mass is 10.2. The Morgan fingerprint density at radius 3 is 2.16 bits per heavy atom. The molecular formula is C32H32N4O7S. The molecule has 44 heavy (non-hydrogen) atoms. The van der Waals surface area contributed by atoms with E-state index in [1.54, 1.807) is 105 Å². The van der Waals surface area contributed by atoms with Crippen LogP contribution < -0.4 is 29.3 Å². The molecule has 0 bridgehead atoms.